The second-order valence-electron chi connectivity index (χ2n) is 3.32. The summed E-state index contributed by atoms with van der Waals surface area (Å²) in [5, 5.41) is 15.9. The second kappa shape index (κ2) is 5.49. The van der Waals surface area contributed by atoms with Crippen LogP contribution in [-0.4, -0.2) is 28.0 Å². The Bertz CT molecular complexity index is 272. The van der Waals surface area contributed by atoms with Crippen molar-refractivity contribution in [2.75, 3.05) is 24.2 Å². The molecule has 0 atom stereocenters. The first-order valence-corrected chi connectivity index (χ1v) is 4.88. The first-order chi connectivity index (χ1) is 6.74. The van der Waals surface area contributed by atoms with Crippen LogP contribution in [0.25, 0.3) is 0 Å². The molecular formula is C9H18N4O. The van der Waals surface area contributed by atoms with Gasteiger partial charge in [-0.25, -0.2) is 0 Å². The van der Waals surface area contributed by atoms with E-state index in [0.717, 1.165) is 31.6 Å². The zero-order valence-electron chi connectivity index (χ0n) is 8.53. The summed E-state index contributed by atoms with van der Waals surface area (Å²) in [5.74, 6) is 0.747. The number of unbranched alkanes of at least 4 members (excludes halogenated alkanes) is 2. The van der Waals surface area contributed by atoms with Gasteiger partial charge in [0.05, 0.1) is 5.69 Å². The number of anilines is 2. The maximum Gasteiger partial charge on any atom is 0.171 e. The SMILES string of the molecule is Cn1cc(N)c(NCCCCCO)n1. The first kappa shape index (κ1) is 10.8. The molecule has 0 spiro atoms. The van der Waals surface area contributed by atoms with Crippen molar-refractivity contribution in [1.82, 2.24) is 9.78 Å². The number of aryl methyl sites for hydroxylation is 1. The van der Waals surface area contributed by atoms with Crippen molar-refractivity contribution in [3.63, 3.8) is 0 Å². The number of nitrogens with two attached hydrogens (primary N) is 1. The molecule has 80 valence electrons. The third-order valence-electron chi connectivity index (χ3n) is 1.98. The van der Waals surface area contributed by atoms with Crippen LogP contribution >= 0.6 is 0 Å². The van der Waals surface area contributed by atoms with Crippen LogP contribution in [0, 0.1) is 0 Å². The van der Waals surface area contributed by atoms with Gasteiger partial charge in [0.2, 0.25) is 0 Å². The highest BCUT2D eigenvalue weighted by molar-refractivity contribution is 5.59. The van der Waals surface area contributed by atoms with Gasteiger partial charge in [0, 0.05) is 26.4 Å². The van der Waals surface area contributed by atoms with Gasteiger partial charge >= 0.3 is 0 Å². The fraction of sp³-hybridized carbons (Fsp3) is 0.667. The lowest BCUT2D eigenvalue weighted by molar-refractivity contribution is 0.283. The van der Waals surface area contributed by atoms with E-state index in [2.05, 4.69) is 10.4 Å². The van der Waals surface area contributed by atoms with E-state index < -0.39 is 0 Å². The smallest absolute Gasteiger partial charge is 0.171 e. The predicted molar refractivity (Wildman–Crippen MR) is 57.0 cm³/mol. The van der Waals surface area contributed by atoms with Crippen LogP contribution in [-0.2, 0) is 7.05 Å². The summed E-state index contributed by atoms with van der Waals surface area (Å²) in [6, 6.07) is 0. The molecule has 4 N–H and O–H groups in total. The van der Waals surface area contributed by atoms with Gasteiger partial charge < -0.3 is 16.2 Å². The van der Waals surface area contributed by atoms with E-state index in [9.17, 15) is 0 Å². The minimum absolute atomic E-state index is 0.270. The van der Waals surface area contributed by atoms with E-state index in [1.807, 2.05) is 7.05 Å². The van der Waals surface area contributed by atoms with Crippen molar-refractivity contribution in [3.8, 4) is 0 Å². The number of aliphatic hydroxyl groups excluding tert-OH is 1. The molecule has 0 fully saturated rings. The molecule has 1 aromatic rings. The molecule has 0 aliphatic heterocycles. The highest BCUT2D eigenvalue weighted by atomic mass is 16.2. The summed E-state index contributed by atoms with van der Waals surface area (Å²) in [5.41, 5.74) is 6.37. The average molecular weight is 198 g/mol. The third-order valence-corrected chi connectivity index (χ3v) is 1.98. The molecule has 1 rings (SSSR count). The van der Waals surface area contributed by atoms with Crippen molar-refractivity contribution in [2.24, 2.45) is 7.05 Å². The monoisotopic (exact) mass is 198 g/mol. The zero-order chi connectivity index (χ0) is 10.4. The fourth-order valence-electron chi connectivity index (χ4n) is 1.26. The number of aliphatic hydroxyl groups is 1. The Kier molecular flexibility index (Phi) is 4.25. The van der Waals surface area contributed by atoms with E-state index in [4.69, 9.17) is 10.8 Å². The van der Waals surface area contributed by atoms with Crippen molar-refractivity contribution in [1.29, 1.82) is 0 Å². The molecule has 5 nitrogen and oxygen atoms in total. The van der Waals surface area contributed by atoms with Gasteiger partial charge in [-0.2, -0.15) is 5.10 Å². The molecule has 0 saturated heterocycles. The van der Waals surface area contributed by atoms with Crippen LogP contribution in [0.5, 0.6) is 0 Å². The normalized spacial score (nSPS) is 10.4. The molecule has 1 heterocycles. The summed E-state index contributed by atoms with van der Waals surface area (Å²) < 4.78 is 1.69. The third kappa shape index (κ3) is 3.26. The Hall–Kier alpha value is -1.23. The van der Waals surface area contributed by atoms with E-state index in [0.29, 0.717) is 5.69 Å². The highest BCUT2D eigenvalue weighted by Crippen LogP contribution is 2.13. The summed E-state index contributed by atoms with van der Waals surface area (Å²) >= 11 is 0. The minimum Gasteiger partial charge on any atom is -0.396 e. The Balaban J connectivity index is 2.21. The average Bonchev–Trinajstić information content (AvgIpc) is 2.45. The molecule has 0 amide bonds. The summed E-state index contributed by atoms with van der Waals surface area (Å²) in [6.07, 6.45) is 4.68. The molecule has 0 unspecified atom stereocenters. The Morgan fingerprint density at radius 1 is 1.50 bits per heavy atom. The maximum absolute atomic E-state index is 8.57. The predicted octanol–water partition coefficient (Wildman–Crippen LogP) is 0.577. The van der Waals surface area contributed by atoms with E-state index in [1.54, 1.807) is 10.9 Å². The van der Waals surface area contributed by atoms with Crippen molar-refractivity contribution in [3.05, 3.63) is 6.20 Å². The molecule has 5 heteroatoms. The van der Waals surface area contributed by atoms with Crippen LogP contribution in [0.15, 0.2) is 6.20 Å². The lowest BCUT2D eigenvalue weighted by atomic mass is 10.2. The van der Waals surface area contributed by atoms with Crippen molar-refractivity contribution < 1.29 is 5.11 Å². The van der Waals surface area contributed by atoms with Crippen LogP contribution in [0.4, 0.5) is 11.5 Å². The number of hydrogen-bond acceptors (Lipinski definition) is 4. The van der Waals surface area contributed by atoms with Gasteiger partial charge in [0.15, 0.2) is 5.82 Å². The number of rotatable bonds is 6. The van der Waals surface area contributed by atoms with Gasteiger partial charge in [0.1, 0.15) is 0 Å². The minimum atomic E-state index is 0.270. The van der Waals surface area contributed by atoms with E-state index in [-0.39, 0.29) is 6.61 Å². The summed E-state index contributed by atoms with van der Waals surface area (Å²) in [4.78, 5) is 0. The lowest BCUT2D eigenvalue weighted by Gasteiger charge is -2.02. The molecular weight excluding hydrogens is 180 g/mol. The van der Waals surface area contributed by atoms with Gasteiger partial charge in [-0.3, -0.25) is 4.68 Å². The van der Waals surface area contributed by atoms with Crippen LogP contribution < -0.4 is 11.1 Å². The summed E-state index contributed by atoms with van der Waals surface area (Å²) in [6.45, 7) is 1.12. The molecule has 0 bridgehead atoms. The first-order valence-electron chi connectivity index (χ1n) is 4.88. The van der Waals surface area contributed by atoms with Gasteiger partial charge in [0.25, 0.3) is 0 Å². The van der Waals surface area contributed by atoms with E-state index in [1.165, 1.54) is 0 Å². The Labute approximate surface area is 83.9 Å². The van der Waals surface area contributed by atoms with Crippen LogP contribution in [0.2, 0.25) is 0 Å². The van der Waals surface area contributed by atoms with Crippen LogP contribution in [0.3, 0.4) is 0 Å². The zero-order valence-corrected chi connectivity index (χ0v) is 8.53. The number of aromatic nitrogens is 2. The highest BCUT2D eigenvalue weighted by Gasteiger charge is 2.01. The molecule has 0 aliphatic rings. The molecule has 0 aliphatic carbocycles. The van der Waals surface area contributed by atoms with Crippen LogP contribution in [0.1, 0.15) is 19.3 Å². The number of nitrogens with zero attached hydrogens (tertiary/aromatic N) is 2. The largest absolute Gasteiger partial charge is 0.396 e. The van der Waals surface area contributed by atoms with Gasteiger partial charge in [-0.05, 0) is 19.3 Å². The van der Waals surface area contributed by atoms with Crippen molar-refractivity contribution in [2.45, 2.75) is 19.3 Å². The molecule has 1 aromatic heterocycles. The standard InChI is InChI=1S/C9H18N4O/c1-13-7-8(10)9(12-13)11-5-3-2-4-6-14/h7,14H,2-6,10H2,1H3,(H,11,12). The maximum atomic E-state index is 8.57. The molecule has 0 saturated carbocycles. The van der Waals surface area contributed by atoms with E-state index >= 15 is 0 Å². The second-order valence-corrected chi connectivity index (χ2v) is 3.32. The van der Waals surface area contributed by atoms with Crippen molar-refractivity contribution >= 4 is 11.5 Å². The number of nitrogens with one attached hydrogen (secondary N) is 1. The number of hydrogen-bond donors (Lipinski definition) is 3. The topological polar surface area (TPSA) is 76.1 Å². The van der Waals surface area contributed by atoms with Gasteiger partial charge in [-0.15, -0.1) is 0 Å². The Morgan fingerprint density at radius 2 is 2.29 bits per heavy atom. The molecule has 0 aromatic carbocycles. The molecule has 0 radical (unpaired) electrons. The molecule has 14 heavy (non-hydrogen) atoms. The fourth-order valence-corrected chi connectivity index (χ4v) is 1.26. The quantitative estimate of drug-likeness (QED) is 0.584. The summed E-state index contributed by atoms with van der Waals surface area (Å²) in [7, 11) is 1.84. The number of nitrogen functional groups attached to an aromatic ring is 1. The van der Waals surface area contributed by atoms with Gasteiger partial charge in [-0.1, -0.05) is 0 Å². The lowest BCUT2D eigenvalue weighted by Crippen LogP contribution is -2.04. The Morgan fingerprint density at radius 3 is 2.86 bits per heavy atom.